The lowest BCUT2D eigenvalue weighted by molar-refractivity contribution is 0.0977. The molecule has 32 heavy (non-hydrogen) atoms. The van der Waals surface area contributed by atoms with Gasteiger partial charge in [-0.1, -0.05) is 12.1 Å². The highest BCUT2D eigenvalue weighted by atomic mass is 32.1. The van der Waals surface area contributed by atoms with Crippen molar-refractivity contribution in [3.63, 3.8) is 0 Å². The van der Waals surface area contributed by atoms with E-state index in [4.69, 9.17) is 21.9 Å². The highest BCUT2D eigenvalue weighted by Crippen LogP contribution is 2.31. The Morgan fingerprint density at radius 2 is 1.81 bits per heavy atom. The lowest BCUT2D eigenvalue weighted by Gasteiger charge is -2.13. The zero-order valence-corrected chi connectivity index (χ0v) is 19.6. The summed E-state index contributed by atoms with van der Waals surface area (Å²) in [5.74, 6) is 0.448. The number of carbonyl (C=O) groups excluding carboxylic acids is 1. The third kappa shape index (κ3) is 5.12. The summed E-state index contributed by atoms with van der Waals surface area (Å²) in [5, 5.41) is 7.06. The van der Waals surface area contributed by atoms with Gasteiger partial charge in [0.15, 0.2) is 5.11 Å². The van der Waals surface area contributed by atoms with E-state index in [9.17, 15) is 4.79 Å². The fourth-order valence-corrected chi connectivity index (χ4v) is 4.38. The van der Waals surface area contributed by atoms with Gasteiger partial charge < -0.3 is 10.1 Å². The molecule has 0 aliphatic carbocycles. The maximum atomic E-state index is 12.5. The van der Waals surface area contributed by atoms with Gasteiger partial charge in [0, 0.05) is 16.8 Å². The van der Waals surface area contributed by atoms with E-state index in [0.717, 1.165) is 37.8 Å². The Hall–Kier alpha value is -3.29. The lowest BCUT2D eigenvalue weighted by Crippen LogP contribution is -2.34. The van der Waals surface area contributed by atoms with E-state index in [1.54, 1.807) is 35.6 Å². The standard InChI is InChI=1S/C25H23N3O2S2/c1-15(2)30-19-11-8-17(9-12-19)23(29)28-25(31)27-20-13-10-18(14-16(20)3)24-26-21-6-4-5-7-22(21)32-24/h4-15H,1-3H3,(H2,27,28,29,31). The van der Waals surface area contributed by atoms with Crippen molar-refractivity contribution in [3.8, 4) is 16.3 Å². The van der Waals surface area contributed by atoms with E-state index in [1.165, 1.54) is 0 Å². The summed E-state index contributed by atoms with van der Waals surface area (Å²) in [4.78, 5) is 17.2. The Balaban J connectivity index is 1.41. The van der Waals surface area contributed by atoms with Gasteiger partial charge in [-0.2, -0.15) is 0 Å². The van der Waals surface area contributed by atoms with Gasteiger partial charge in [0.25, 0.3) is 5.91 Å². The van der Waals surface area contributed by atoms with Crippen LogP contribution in [0, 0.1) is 6.92 Å². The number of aryl methyl sites for hydroxylation is 1. The third-order valence-corrected chi connectivity index (χ3v) is 6.02. The van der Waals surface area contributed by atoms with Crippen LogP contribution in [0.2, 0.25) is 0 Å². The summed E-state index contributed by atoms with van der Waals surface area (Å²) >= 11 is 7.01. The number of nitrogens with one attached hydrogen (secondary N) is 2. The predicted octanol–water partition coefficient (Wildman–Crippen LogP) is 6.19. The van der Waals surface area contributed by atoms with Crippen LogP contribution in [0.15, 0.2) is 66.7 Å². The molecule has 5 nitrogen and oxygen atoms in total. The minimum Gasteiger partial charge on any atom is -0.491 e. The normalized spacial score (nSPS) is 10.9. The molecule has 162 valence electrons. The smallest absolute Gasteiger partial charge is 0.257 e. The zero-order valence-electron chi connectivity index (χ0n) is 18.0. The maximum absolute atomic E-state index is 12.5. The van der Waals surface area contributed by atoms with Gasteiger partial charge in [-0.05, 0) is 93.1 Å². The minimum absolute atomic E-state index is 0.0794. The third-order valence-electron chi connectivity index (χ3n) is 4.73. The van der Waals surface area contributed by atoms with E-state index >= 15 is 0 Å². The number of ether oxygens (including phenoxy) is 1. The molecular weight excluding hydrogens is 438 g/mol. The number of anilines is 1. The van der Waals surface area contributed by atoms with Crippen molar-refractivity contribution in [2.75, 3.05) is 5.32 Å². The van der Waals surface area contributed by atoms with Crippen molar-refractivity contribution in [2.24, 2.45) is 0 Å². The average Bonchev–Trinajstić information content (AvgIpc) is 3.19. The number of hydrogen-bond acceptors (Lipinski definition) is 5. The number of rotatable bonds is 5. The van der Waals surface area contributed by atoms with E-state index < -0.39 is 0 Å². The molecule has 4 aromatic rings. The Morgan fingerprint density at radius 1 is 1.06 bits per heavy atom. The topological polar surface area (TPSA) is 63.2 Å². The molecule has 0 fully saturated rings. The summed E-state index contributed by atoms with van der Waals surface area (Å²) in [6.07, 6.45) is 0.0794. The van der Waals surface area contributed by atoms with Gasteiger partial charge in [0.1, 0.15) is 10.8 Å². The second-order valence-electron chi connectivity index (χ2n) is 7.62. The molecule has 0 aliphatic heterocycles. The molecule has 0 radical (unpaired) electrons. The zero-order chi connectivity index (χ0) is 22.7. The van der Waals surface area contributed by atoms with Crippen molar-refractivity contribution in [3.05, 3.63) is 77.9 Å². The van der Waals surface area contributed by atoms with Crippen LogP contribution < -0.4 is 15.4 Å². The van der Waals surface area contributed by atoms with Crippen LogP contribution in [0.1, 0.15) is 29.8 Å². The molecule has 2 N–H and O–H groups in total. The maximum Gasteiger partial charge on any atom is 0.257 e. The van der Waals surface area contributed by atoms with Gasteiger partial charge in [-0.3, -0.25) is 10.1 Å². The number of fused-ring (bicyclic) bond motifs is 1. The molecule has 7 heteroatoms. The average molecular weight is 462 g/mol. The predicted molar refractivity (Wildman–Crippen MR) is 136 cm³/mol. The molecule has 3 aromatic carbocycles. The number of aromatic nitrogens is 1. The number of hydrogen-bond donors (Lipinski definition) is 2. The van der Waals surface area contributed by atoms with E-state index in [-0.39, 0.29) is 17.1 Å². The molecule has 4 rings (SSSR count). The number of thiocarbonyl (C=S) groups is 1. The first-order valence-electron chi connectivity index (χ1n) is 10.2. The van der Waals surface area contributed by atoms with Gasteiger partial charge in [-0.15, -0.1) is 11.3 Å². The molecule has 1 aromatic heterocycles. The highest BCUT2D eigenvalue weighted by molar-refractivity contribution is 7.80. The van der Waals surface area contributed by atoms with E-state index in [2.05, 4.69) is 22.8 Å². The van der Waals surface area contributed by atoms with Crippen LogP contribution in [0.25, 0.3) is 20.8 Å². The van der Waals surface area contributed by atoms with Gasteiger partial charge in [-0.25, -0.2) is 4.98 Å². The van der Waals surface area contributed by atoms with Crippen LogP contribution in [-0.4, -0.2) is 22.1 Å². The first-order chi connectivity index (χ1) is 15.4. The van der Waals surface area contributed by atoms with Crippen LogP contribution in [0.5, 0.6) is 5.75 Å². The van der Waals surface area contributed by atoms with Crippen molar-refractivity contribution in [2.45, 2.75) is 26.9 Å². The Labute approximate surface area is 196 Å². The summed E-state index contributed by atoms with van der Waals surface area (Å²) < 4.78 is 6.77. The number of amides is 1. The van der Waals surface area contributed by atoms with Crippen molar-refractivity contribution in [1.29, 1.82) is 0 Å². The monoisotopic (exact) mass is 461 g/mol. The summed E-state index contributed by atoms with van der Waals surface area (Å²) in [6, 6.07) is 21.1. The van der Waals surface area contributed by atoms with Gasteiger partial charge in [0.2, 0.25) is 0 Å². The fourth-order valence-electron chi connectivity index (χ4n) is 3.22. The number of thiazole rings is 1. The number of carbonyl (C=O) groups is 1. The van der Waals surface area contributed by atoms with Crippen molar-refractivity contribution >= 4 is 50.5 Å². The summed E-state index contributed by atoms with van der Waals surface area (Å²) in [7, 11) is 0. The Bertz CT molecular complexity index is 1250. The van der Waals surface area contributed by atoms with Crippen molar-refractivity contribution in [1.82, 2.24) is 10.3 Å². The molecular formula is C25H23N3O2S2. The molecule has 0 spiro atoms. The molecule has 0 bridgehead atoms. The quantitative estimate of drug-likeness (QED) is 0.347. The first-order valence-corrected chi connectivity index (χ1v) is 11.5. The molecule has 0 atom stereocenters. The van der Waals surface area contributed by atoms with Crippen LogP contribution >= 0.6 is 23.6 Å². The largest absolute Gasteiger partial charge is 0.491 e. The van der Waals surface area contributed by atoms with Crippen LogP contribution in [0.4, 0.5) is 5.69 Å². The number of para-hydroxylation sites is 1. The lowest BCUT2D eigenvalue weighted by atomic mass is 10.1. The SMILES string of the molecule is Cc1cc(-c2nc3ccccc3s2)ccc1NC(=S)NC(=O)c1ccc(OC(C)C)cc1. The second-order valence-corrected chi connectivity index (χ2v) is 9.05. The molecule has 0 saturated carbocycles. The molecule has 0 aliphatic rings. The van der Waals surface area contributed by atoms with Crippen LogP contribution in [-0.2, 0) is 0 Å². The number of nitrogens with zero attached hydrogens (tertiary/aromatic N) is 1. The highest BCUT2D eigenvalue weighted by Gasteiger charge is 2.11. The minimum atomic E-state index is -0.276. The van der Waals surface area contributed by atoms with Gasteiger partial charge >= 0.3 is 0 Å². The van der Waals surface area contributed by atoms with Crippen LogP contribution in [0.3, 0.4) is 0 Å². The fraction of sp³-hybridized carbons (Fsp3) is 0.160. The second kappa shape index (κ2) is 9.46. The van der Waals surface area contributed by atoms with Crippen molar-refractivity contribution < 1.29 is 9.53 Å². The summed E-state index contributed by atoms with van der Waals surface area (Å²) in [5.41, 5.74) is 4.40. The molecule has 0 saturated heterocycles. The summed E-state index contributed by atoms with van der Waals surface area (Å²) in [6.45, 7) is 5.91. The Morgan fingerprint density at radius 3 is 2.50 bits per heavy atom. The van der Waals surface area contributed by atoms with Gasteiger partial charge in [0.05, 0.1) is 16.3 Å². The molecule has 0 unspecified atom stereocenters. The van der Waals surface area contributed by atoms with E-state index in [1.807, 2.05) is 51.1 Å². The Kier molecular flexibility index (Phi) is 6.48. The first kappa shape index (κ1) is 21.9. The number of benzene rings is 3. The van der Waals surface area contributed by atoms with E-state index in [0.29, 0.717) is 5.56 Å². The molecule has 1 amide bonds. The molecule has 1 heterocycles.